The summed E-state index contributed by atoms with van der Waals surface area (Å²) in [6.45, 7) is 6.62. The third kappa shape index (κ3) is 3.89. The van der Waals surface area contributed by atoms with Gasteiger partial charge >= 0.3 is 0 Å². The topological polar surface area (TPSA) is 41.9 Å². The summed E-state index contributed by atoms with van der Waals surface area (Å²) in [4.78, 5) is 2.31. The lowest BCUT2D eigenvalue weighted by atomic mass is 10.0. The minimum atomic E-state index is -0.548. The first-order valence-electron chi connectivity index (χ1n) is 7.88. The molecule has 2 unspecified atom stereocenters. The van der Waals surface area contributed by atoms with E-state index >= 15 is 0 Å². The second kappa shape index (κ2) is 7.66. The summed E-state index contributed by atoms with van der Waals surface area (Å²) in [6, 6.07) is 5.95. The molecule has 4 heteroatoms. The van der Waals surface area contributed by atoms with Crippen LogP contribution in [0.15, 0.2) is 18.2 Å². The zero-order valence-electron chi connectivity index (χ0n) is 13.3. The van der Waals surface area contributed by atoms with E-state index in [2.05, 4.69) is 17.9 Å². The van der Waals surface area contributed by atoms with E-state index in [1.807, 2.05) is 12.1 Å². The highest BCUT2D eigenvalue weighted by atomic mass is 16.5. The van der Waals surface area contributed by atoms with Gasteiger partial charge in [-0.1, -0.05) is 13.0 Å². The van der Waals surface area contributed by atoms with Crippen LogP contribution in [0.4, 0.5) is 5.69 Å². The molecule has 0 saturated carbocycles. The van der Waals surface area contributed by atoms with Crippen molar-refractivity contribution in [2.75, 3.05) is 31.7 Å². The number of aliphatic hydroxyl groups is 1. The molecule has 1 aromatic rings. The second-order valence-corrected chi connectivity index (χ2v) is 5.65. The average molecular weight is 293 g/mol. The Kier molecular flexibility index (Phi) is 5.88. The Morgan fingerprint density at radius 1 is 1.43 bits per heavy atom. The molecule has 21 heavy (non-hydrogen) atoms. The van der Waals surface area contributed by atoms with Crippen molar-refractivity contribution in [2.45, 2.75) is 45.3 Å². The van der Waals surface area contributed by atoms with Crippen molar-refractivity contribution < 1.29 is 14.6 Å². The molecular weight excluding hydrogens is 266 g/mol. The van der Waals surface area contributed by atoms with Gasteiger partial charge in [0.2, 0.25) is 0 Å². The van der Waals surface area contributed by atoms with Crippen molar-refractivity contribution in [1.29, 1.82) is 0 Å². The van der Waals surface area contributed by atoms with E-state index in [9.17, 15) is 5.11 Å². The zero-order chi connectivity index (χ0) is 15.2. The number of anilines is 1. The first-order valence-corrected chi connectivity index (χ1v) is 7.88. The standard InChI is InChI=1S/C17H27NO3/c1-4-11-21-14-7-6-10-18(12-14)15-8-5-9-16(20-3)17(15)13(2)19/h5,8-9,13-14,19H,4,6-7,10-12H2,1-3H3. The molecule has 0 bridgehead atoms. The maximum atomic E-state index is 10.1. The van der Waals surface area contributed by atoms with Crippen molar-refractivity contribution >= 4 is 5.69 Å². The molecule has 2 rings (SSSR count). The number of benzene rings is 1. The SMILES string of the molecule is CCCOC1CCCN(c2cccc(OC)c2C(C)O)C1. The van der Waals surface area contributed by atoms with Crippen LogP contribution in [0.25, 0.3) is 0 Å². The van der Waals surface area contributed by atoms with Gasteiger partial charge in [-0.25, -0.2) is 0 Å². The van der Waals surface area contributed by atoms with Gasteiger partial charge in [-0.15, -0.1) is 0 Å². The van der Waals surface area contributed by atoms with E-state index in [1.165, 1.54) is 0 Å². The Morgan fingerprint density at radius 2 is 2.24 bits per heavy atom. The molecule has 1 aromatic carbocycles. The first-order chi connectivity index (χ1) is 10.2. The number of rotatable bonds is 6. The number of piperidine rings is 1. The van der Waals surface area contributed by atoms with Crippen LogP contribution in [0.1, 0.15) is 44.8 Å². The Morgan fingerprint density at radius 3 is 2.90 bits per heavy atom. The van der Waals surface area contributed by atoms with E-state index in [0.717, 1.165) is 56.0 Å². The molecule has 0 aliphatic carbocycles. The van der Waals surface area contributed by atoms with E-state index in [0.29, 0.717) is 0 Å². The van der Waals surface area contributed by atoms with Crippen LogP contribution in [0, 0.1) is 0 Å². The lowest BCUT2D eigenvalue weighted by Gasteiger charge is -2.36. The molecule has 1 aliphatic rings. The molecule has 1 fully saturated rings. The molecule has 0 radical (unpaired) electrons. The normalized spacial score (nSPS) is 20.4. The predicted octanol–water partition coefficient (Wildman–Crippen LogP) is 3.14. The minimum absolute atomic E-state index is 0.284. The van der Waals surface area contributed by atoms with Crippen molar-refractivity contribution in [3.8, 4) is 5.75 Å². The quantitative estimate of drug-likeness (QED) is 0.875. The number of nitrogens with zero attached hydrogens (tertiary/aromatic N) is 1. The molecule has 1 aliphatic heterocycles. The zero-order valence-corrected chi connectivity index (χ0v) is 13.3. The number of hydrogen-bond acceptors (Lipinski definition) is 4. The fourth-order valence-electron chi connectivity index (χ4n) is 2.98. The second-order valence-electron chi connectivity index (χ2n) is 5.65. The molecule has 1 heterocycles. The molecule has 1 N–H and O–H groups in total. The summed E-state index contributed by atoms with van der Waals surface area (Å²) in [5.74, 6) is 0.749. The van der Waals surface area contributed by atoms with Crippen LogP contribution in [-0.4, -0.2) is 38.0 Å². The molecule has 118 valence electrons. The van der Waals surface area contributed by atoms with Crippen molar-refractivity contribution in [3.05, 3.63) is 23.8 Å². The molecule has 0 spiro atoms. The maximum Gasteiger partial charge on any atom is 0.126 e. The van der Waals surface area contributed by atoms with Crippen LogP contribution in [0.5, 0.6) is 5.75 Å². The van der Waals surface area contributed by atoms with Crippen LogP contribution < -0.4 is 9.64 Å². The fourth-order valence-corrected chi connectivity index (χ4v) is 2.98. The maximum absolute atomic E-state index is 10.1. The Labute approximate surface area is 127 Å². The van der Waals surface area contributed by atoms with Crippen molar-refractivity contribution in [2.24, 2.45) is 0 Å². The van der Waals surface area contributed by atoms with Gasteiger partial charge in [-0.2, -0.15) is 0 Å². The summed E-state index contributed by atoms with van der Waals surface area (Å²) in [7, 11) is 1.65. The van der Waals surface area contributed by atoms with Crippen LogP contribution in [-0.2, 0) is 4.74 Å². The van der Waals surface area contributed by atoms with Crippen molar-refractivity contribution in [3.63, 3.8) is 0 Å². The minimum Gasteiger partial charge on any atom is -0.496 e. The Hall–Kier alpha value is -1.26. The Balaban J connectivity index is 2.20. The highest BCUT2D eigenvalue weighted by Gasteiger charge is 2.24. The highest BCUT2D eigenvalue weighted by molar-refractivity contribution is 5.60. The lowest BCUT2D eigenvalue weighted by Crippen LogP contribution is -2.40. The average Bonchev–Trinajstić information content (AvgIpc) is 2.52. The first kappa shape index (κ1) is 16.1. The molecule has 4 nitrogen and oxygen atoms in total. The Bertz CT molecular complexity index is 448. The largest absolute Gasteiger partial charge is 0.496 e. The number of ether oxygens (including phenoxy) is 2. The van der Waals surface area contributed by atoms with Gasteiger partial charge in [0.25, 0.3) is 0 Å². The van der Waals surface area contributed by atoms with Crippen molar-refractivity contribution in [1.82, 2.24) is 0 Å². The lowest BCUT2D eigenvalue weighted by molar-refractivity contribution is 0.0439. The molecule has 2 atom stereocenters. The third-order valence-electron chi connectivity index (χ3n) is 3.96. The summed E-state index contributed by atoms with van der Waals surface area (Å²) in [5.41, 5.74) is 1.94. The summed E-state index contributed by atoms with van der Waals surface area (Å²) < 4.78 is 11.3. The number of methoxy groups -OCH3 is 1. The molecular formula is C17H27NO3. The third-order valence-corrected chi connectivity index (χ3v) is 3.96. The summed E-state index contributed by atoms with van der Waals surface area (Å²) in [6.07, 6.45) is 3.02. The van der Waals surface area contributed by atoms with Gasteiger partial charge in [0.05, 0.1) is 19.3 Å². The van der Waals surface area contributed by atoms with Crippen LogP contribution in [0.2, 0.25) is 0 Å². The molecule has 0 aromatic heterocycles. The molecule has 1 saturated heterocycles. The predicted molar refractivity (Wildman–Crippen MR) is 85.1 cm³/mol. The van der Waals surface area contributed by atoms with Gasteiger partial charge < -0.3 is 19.5 Å². The summed E-state index contributed by atoms with van der Waals surface area (Å²) in [5, 5.41) is 10.1. The number of aliphatic hydroxyl groups excluding tert-OH is 1. The van der Waals surface area contributed by atoms with E-state index in [1.54, 1.807) is 14.0 Å². The van der Waals surface area contributed by atoms with Gasteiger partial charge in [0.1, 0.15) is 5.75 Å². The molecule has 0 amide bonds. The van der Waals surface area contributed by atoms with Gasteiger partial charge in [-0.05, 0) is 38.3 Å². The van der Waals surface area contributed by atoms with Gasteiger partial charge in [0.15, 0.2) is 0 Å². The fraction of sp³-hybridized carbons (Fsp3) is 0.647. The van der Waals surface area contributed by atoms with E-state index in [-0.39, 0.29) is 6.10 Å². The highest BCUT2D eigenvalue weighted by Crippen LogP contribution is 2.35. The van der Waals surface area contributed by atoms with E-state index in [4.69, 9.17) is 9.47 Å². The summed E-state index contributed by atoms with van der Waals surface area (Å²) >= 11 is 0. The number of hydrogen-bond donors (Lipinski definition) is 1. The van der Waals surface area contributed by atoms with Gasteiger partial charge in [-0.3, -0.25) is 0 Å². The van der Waals surface area contributed by atoms with Gasteiger partial charge in [0, 0.05) is 30.9 Å². The van der Waals surface area contributed by atoms with Crippen LogP contribution in [0.3, 0.4) is 0 Å². The smallest absolute Gasteiger partial charge is 0.126 e. The van der Waals surface area contributed by atoms with Crippen LogP contribution >= 0.6 is 0 Å². The van der Waals surface area contributed by atoms with E-state index < -0.39 is 6.10 Å². The monoisotopic (exact) mass is 293 g/mol.